The lowest BCUT2D eigenvalue weighted by Gasteiger charge is -2.00. The summed E-state index contributed by atoms with van der Waals surface area (Å²) in [5, 5.41) is 0. The number of nitrogens with zero attached hydrogens (tertiary/aromatic N) is 1. The van der Waals surface area contributed by atoms with Gasteiger partial charge in [-0.3, -0.25) is 4.99 Å². The van der Waals surface area contributed by atoms with Gasteiger partial charge in [0.2, 0.25) is 0 Å². The van der Waals surface area contributed by atoms with E-state index in [4.69, 9.17) is 0 Å². The zero-order valence-corrected chi connectivity index (χ0v) is 11.0. The van der Waals surface area contributed by atoms with Gasteiger partial charge in [0.1, 0.15) is 11.6 Å². The summed E-state index contributed by atoms with van der Waals surface area (Å²) in [5.74, 6) is -1.25. The van der Waals surface area contributed by atoms with Gasteiger partial charge in [-0.1, -0.05) is 46.3 Å². The summed E-state index contributed by atoms with van der Waals surface area (Å²) >= 11 is 3.03. The van der Waals surface area contributed by atoms with Crippen LogP contribution in [0.15, 0.2) is 51.9 Å². The van der Waals surface area contributed by atoms with E-state index in [0.717, 1.165) is 5.56 Å². The average Bonchev–Trinajstić information content (AvgIpc) is 2.34. The van der Waals surface area contributed by atoms with Gasteiger partial charge in [-0.15, -0.1) is 0 Å². The maximum atomic E-state index is 13.5. The summed E-state index contributed by atoms with van der Waals surface area (Å²) in [4.78, 5) is 4.04. The molecule has 0 aliphatic carbocycles. The molecular formula is C14H10BrF2N. The van der Waals surface area contributed by atoms with Crippen molar-refractivity contribution in [1.29, 1.82) is 0 Å². The lowest BCUT2D eigenvalue weighted by molar-refractivity contribution is 0.578. The first-order chi connectivity index (χ1) is 8.66. The van der Waals surface area contributed by atoms with Crippen LogP contribution in [0.3, 0.4) is 0 Å². The van der Waals surface area contributed by atoms with E-state index in [1.807, 2.05) is 30.3 Å². The highest BCUT2D eigenvalue weighted by atomic mass is 79.9. The van der Waals surface area contributed by atoms with Gasteiger partial charge in [0.25, 0.3) is 0 Å². The van der Waals surface area contributed by atoms with Crippen molar-refractivity contribution in [3.8, 4) is 0 Å². The van der Waals surface area contributed by atoms with Crippen molar-refractivity contribution in [2.45, 2.75) is 6.54 Å². The molecule has 0 aliphatic rings. The highest BCUT2D eigenvalue weighted by Crippen LogP contribution is 2.18. The predicted molar refractivity (Wildman–Crippen MR) is 71.8 cm³/mol. The van der Waals surface area contributed by atoms with E-state index >= 15 is 0 Å². The zero-order chi connectivity index (χ0) is 13.0. The topological polar surface area (TPSA) is 12.4 Å². The number of rotatable bonds is 3. The maximum Gasteiger partial charge on any atom is 0.136 e. The van der Waals surface area contributed by atoms with Crippen LogP contribution in [0.1, 0.15) is 11.1 Å². The molecule has 0 aliphatic heterocycles. The Morgan fingerprint density at radius 2 is 1.67 bits per heavy atom. The molecule has 0 N–H and O–H groups in total. The molecule has 0 spiro atoms. The Labute approximate surface area is 112 Å². The fraction of sp³-hybridized carbons (Fsp3) is 0.0714. The van der Waals surface area contributed by atoms with Crippen molar-refractivity contribution in [1.82, 2.24) is 0 Å². The highest BCUT2D eigenvalue weighted by Gasteiger charge is 2.07. The van der Waals surface area contributed by atoms with Gasteiger partial charge in [-0.2, -0.15) is 0 Å². The minimum atomic E-state index is -0.626. The molecule has 4 heteroatoms. The molecule has 0 heterocycles. The van der Waals surface area contributed by atoms with Gasteiger partial charge in [0.05, 0.1) is 12.1 Å². The third-order valence-corrected chi connectivity index (χ3v) is 2.84. The quantitative estimate of drug-likeness (QED) is 0.748. The molecule has 0 fully saturated rings. The summed E-state index contributed by atoms with van der Waals surface area (Å²) in [6.07, 6.45) is 1.23. The van der Waals surface area contributed by atoms with Crippen LogP contribution in [0.5, 0.6) is 0 Å². The van der Waals surface area contributed by atoms with Crippen LogP contribution in [0.25, 0.3) is 0 Å². The van der Waals surface area contributed by atoms with Gasteiger partial charge in [-0.05, 0) is 17.7 Å². The van der Waals surface area contributed by atoms with Crippen molar-refractivity contribution in [2.24, 2.45) is 4.99 Å². The second-order valence-corrected chi connectivity index (χ2v) is 4.65. The zero-order valence-electron chi connectivity index (χ0n) is 9.41. The van der Waals surface area contributed by atoms with Crippen LogP contribution in [0.4, 0.5) is 8.78 Å². The Morgan fingerprint density at radius 1 is 1.06 bits per heavy atom. The monoisotopic (exact) mass is 309 g/mol. The SMILES string of the molecule is Fc1cc(Br)cc(F)c1C=NCc1ccccc1. The predicted octanol–water partition coefficient (Wildman–Crippen LogP) is 4.35. The van der Waals surface area contributed by atoms with Crippen LogP contribution in [-0.4, -0.2) is 6.21 Å². The second kappa shape index (κ2) is 5.87. The fourth-order valence-corrected chi connectivity index (χ4v) is 1.90. The van der Waals surface area contributed by atoms with Gasteiger partial charge in [0.15, 0.2) is 0 Å². The molecule has 0 unspecified atom stereocenters. The van der Waals surface area contributed by atoms with Gasteiger partial charge in [-0.25, -0.2) is 8.78 Å². The molecule has 1 nitrogen and oxygen atoms in total. The second-order valence-electron chi connectivity index (χ2n) is 3.74. The Balaban J connectivity index is 2.15. The molecule has 0 saturated heterocycles. The molecule has 2 aromatic carbocycles. The number of halogens is 3. The van der Waals surface area contributed by atoms with E-state index in [1.54, 1.807) is 0 Å². The molecule has 0 amide bonds. The van der Waals surface area contributed by atoms with E-state index in [9.17, 15) is 8.78 Å². The van der Waals surface area contributed by atoms with Crippen molar-refractivity contribution in [3.63, 3.8) is 0 Å². The van der Waals surface area contributed by atoms with Gasteiger partial charge >= 0.3 is 0 Å². The van der Waals surface area contributed by atoms with Crippen LogP contribution >= 0.6 is 15.9 Å². The summed E-state index contributed by atoms with van der Waals surface area (Å²) in [6, 6.07) is 11.9. The standard InChI is InChI=1S/C14H10BrF2N/c15-11-6-13(16)12(14(17)7-11)9-18-8-10-4-2-1-3-5-10/h1-7,9H,8H2. The molecule has 2 rings (SSSR count). The first-order valence-electron chi connectivity index (χ1n) is 5.35. The van der Waals surface area contributed by atoms with Crippen LogP contribution in [0.2, 0.25) is 0 Å². The summed E-state index contributed by atoms with van der Waals surface area (Å²) in [6.45, 7) is 0.399. The molecule has 0 bridgehead atoms. The molecule has 0 aromatic heterocycles. The molecule has 2 aromatic rings. The fourth-order valence-electron chi connectivity index (χ4n) is 1.50. The Bertz CT molecular complexity index is 544. The van der Waals surface area contributed by atoms with Crippen LogP contribution in [-0.2, 0) is 6.54 Å². The third-order valence-electron chi connectivity index (χ3n) is 2.38. The summed E-state index contributed by atoms with van der Waals surface area (Å²) in [7, 11) is 0. The van der Waals surface area contributed by atoms with E-state index in [1.165, 1.54) is 18.3 Å². The minimum Gasteiger partial charge on any atom is -0.288 e. The maximum absolute atomic E-state index is 13.5. The van der Waals surface area contributed by atoms with Crippen LogP contribution in [0, 0.1) is 11.6 Å². The molecule has 18 heavy (non-hydrogen) atoms. The first kappa shape index (κ1) is 12.9. The number of hydrogen-bond donors (Lipinski definition) is 0. The first-order valence-corrected chi connectivity index (χ1v) is 6.14. The number of aliphatic imine (C=N–C) groups is 1. The minimum absolute atomic E-state index is 0.117. The molecular weight excluding hydrogens is 300 g/mol. The smallest absolute Gasteiger partial charge is 0.136 e. The van der Waals surface area contributed by atoms with E-state index in [-0.39, 0.29) is 5.56 Å². The van der Waals surface area contributed by atoms with Crippen LogP contribution < -0.4 is 0 Å². The highest BCUT2D eigenvalue weighted by molar-refractivity contribution is 9.10. The van der Waals surface area contributed by atoms with E-state index < -0.39 is 11.6 Å². The summed E-state index contributed by atoms with van der Waals surface area (Å²) < 4.78 is 27.3. The third kappa shape index (κ3) is 3.23. The Kier molecular flexibility index (Phi) is 4.20. The summed E-state index contributed by atoms with van der Waals surface area (Å²) in [5.41, 5.74) is 0.876. The largest absolute Gasteiger partial charge is 0.288 e. The molecule has 0 saturated carbocycles. The number of benzene rings is 2. The average molecular weight is 310 g/mol. The number of hydrogen-bond acceptors (Lipinski definition) is 1. The van der Waals surface area contributed by atoms with E-state index in [0.29, 0.717) is 11.0 Å². The molecule has 0 radical (unpaired) electrons. The van der Waals surface area contributed by atoms with Crippen molar-refractivity contribution < 1.29 is 8.78 Å². The molecule has 92 valence electrons. The normalized spacial score (nSPS) is 11.1. The van der Waals surface area contributed by atoms with Crippen molar-refractivity contribution in [3.05, 3.63) is 69.7 Å². The Morgan fingerprint density at radius 3 is 2.28 bits per heavy atom. The van der Waals surface area contributed by atoms with Crippen molar-refractivity contribution in [2.75, 3.05) is 0 Å². The molecule has 0 atom stereocenters. The Hall–Kier alpha value is -1.55. The van der Waals surface area contributed by atoms with E-state index in [2.05, 4.69) is 20.9 Å². The van der Waals surface area contributed by atoms with Gasteiger partial charge in [0, 0.05) is 10.7 Å². The van der Waals surface area contributed by atoms with Crippen molar-refractivity contribution >= 4 is 22.1 Å². The lowest BCUT2D eigenvalue weighted by atomic mass is 10.2. The van der Waals surface area contributed by atoms with Gasteiger partial charge < -0.3 is 0 Å². The lowest BCUT2D eigenvalue weighted by Crippen LogP contribution is -1.95.